The molecular formula is C23H28O11. The van der Waals surface area contributed by atoms with Gasteiger partial charge in [-0.2, -0.15) is 0 Å². The van der Waals surface area contributed by atoms with Crippen molar-refractivity contribution < 1.29 is 52.0 Å². The molecule has 0 radical (unpaired) electrons. The van der Waals surface area contributed by atoms with Crippen LogP contribution in [0, 0.1) is 12.3 Å². The molecule has 1 fully saturated rings. The van der Waals surface area contributed by atoms with Gasteiger partial charge < -0.3 is 32.8 Å². The maximum atomic E-state index is 13.0. The molecule has 0 bridgehead atoms. The fourth-order valence-electron chi connectivity index (χ4n) is 3.53. The van der Waals surface area contributed by atoms with Crippen LogP contribution < -0.4 is 0 Å². The normalized spacial score (nSPS) is 21.9. The topological polar surface area (TPSA) is 137 Å². The van der Waals surface area contributed by atoms with Crippen molar-refractivity contribution in [2.45, 2.75) is 57.5 Å². The van der Waals surface area contributed by atoms with E-state index >= 15 is 0 Å². The number of ether oxygens (including phenoxy) is 6. The number of hydrogen-bond donors (Lipinski definition) is 0. The molecule has 0 aliphatic carbocycles. The summed E-state index contributed by atoms with van der Waals surface area (Å²) in [4.78, 5) is 49.4. The van der Waals surface area contributed by atoms with Crippen molar-refractivity contribution in [3.05, 3.63) is 24.2 Å². The highest BCUT2D eigenvalue weighted by Crippen LogP contribution is 2.34. The summed E-state index contributed by atoms with van der Waals surface area (Å²) in [6, 6.07) is 1.55. The molecule has 0 amide bonds. The Bertz CT molecular complexity index is 896. The molecule has 0 aromatic carbocycles. The standard InChI is InChI=1S/C23H28O11/c1-6-22(34-16(5)25)18(31-13-19(22)33-15(4)24)14-32-23(20(26)29-7-2,21(27)30-8-3)11-17-9-10-28-12-17/h1,9-10,12,18-19H,7-8,11,13-14H2,2-5H3/t18-,19+,22-/m1/s1. The third-order valence-electron chi connectivity index (χ3n) is 4.98. The minimum atomic E-state index is -2.24. The first-order chi connectivity index (χ1) is 16.1. The first-order valence-electron chi connectivity index (χ1n) is 10.6. The monoisotopic (exact) mass is 480 g/mol. The molecule has 1 aromatic rings. The van der Waals surface area contributed by atoms with Crippen LogP contribution in [-0.2, 0) is 54.0 Å². The van der Waals surface area contributed by atoms with E-state index in [9.17, 15) is 19.2 Å². The summed E-state index contributed by atoms with van der Waals surface area (Å²) >= 11 is 0. The molecule has 1 aromatic heterocycles. The van der Waals surface area contributed by atoms with Crippen LogP contribution in [-0.4, -0.2) is 73.7 Å². The second-order valence-corrected chi connectivity index (χ2v) is 7.34. The molecular weight excluding hydrogens is 452 g/mol. The summed E-state index contributed by atoms with van der Waals surface area (Å²) in [6.45, 7) is 4.63. The summed E-state index contributed by atoms with van der Waals surface area (Å²) in [6.07, 6.45) is 5.78. The molecule has 186 valence electrons. The van der Waals surface area contributed by atoms with E-state index in [0.717, 1.165) is 13.8 Å². The van der Waals surface area contributed by atoms with Crippen molar-refractivity contribution >= 4 is 23.9 Å². The molecule has 0 unspecified atom stereocenters. The number of esters is 4. The molecule has 1 aliphatic heterocycles. The fraction of sp³-hybridized carbons (Fsp3) is 0.565. The maximum absolute atomic E-state index is 13.0. The van der Waals surface area contributed by atoms with Crippen LogP contribution in [0.1, 0.15) is 33.3 Å². The van der Waals surface area contributed by atoms with Gasteiger partial charge in [0.15, 0.2) is 6.10 Å². The Morgan fingerprint density at radius 3 is 2.26 bits per heavy atom. The van der Waals surface area contributed by atoms with Gasteiger partial charge in [-0.05, 0) is 25.5 Å². The van der Waals surface area contributed by atoms with Crippen molar-refractivity contribution in [1.82, 2.24) is 0 Å². The Hall–Kier alpha value is -3.36. The molecule has 11 heteroatoms. The minimum Gasteiger partial charge on any atom is -0.472 e. The second-order valence-electron chi connectivity index (χ2n) is 7.34. The number of terminal acetylenes is 1. The SMILES string of the molecule is C#C[C@]1(OC(C)=O)[C@@H](OC(C)=O)CO[C@@H]1COC(Cc1ccoc1)(C(=O)OCC)C(=O)OCC. The Kier molecular flexibility index (Phi) is 9.23. The van der Waals surface area contributed by atoms with Crippen molar-refractivity contribution in [3.8, 4) is 12.3 Å². The Morgan fingerprint density at radius 1 is 1.15 bits per heavy atom. The summed E-state index contributed by atoms with van der Waals surface area (Å²) in [5.74, 6) is -1.09. The average molecular weight is 480 g/mol. The molecule has 0 N–H and O–H groups in total. The molecule has 1 aliphatic rings. The van der Waals surface area contributed by atoms with Crippen LogP contribution >= 0.6 is 0 Å². The van der Waals surface area contributed by atoms with Crippen LogP contribution in [0.15, 0.2) is 23.0 Å². The van der Waals surface area contributed by atoms with Gasteiger partial charge in [0.25, 0.3) is 5.60 Å². The van der Waals surface area contributed by atoms with Crippen molar-refractivity contribution in [2.75, 3.05) is 26.4 Å². The van der Waals surface area contributed by atoms with Crippen molar-refractivity contribution in [1.29, 1.82) is 0 Å². The highest BCUT2D eigenvalue weighted by Gasteiger charge is 2.58. The fourth-order valence-corrected chi connectivity index (χ4v) is 3.53. The van der Waals surface area contributed by atoms with Crippen LogP contribution in [0.2, 0.25) is 0 Å². The summed E-state index contributed by atoms with van der Waals surface area (Å²) in [5.41, 5.74) is -3.65. The van der Waals surface area contributed by atoms with Crippen molar-refractivity contribution in [2.24, 2.45) is 0 Å². The number of carbonyl (C=O) groups is 4. The molecule has 0 saturated carbocycles. The van der Waals surface area contributed by atoms with Gasteiger partial charge in [0, 0.05) is 20.3 Å². The van der Waals surface area contributed by atoms with Crippen LogP contribution in [0.5, 0.6) is 0 Å². The zero-order valence-corrected chi connectivity index (χ0v) is 19.5. The zero-order chi connectivity index (χ0) is 25.4. The largest absolute Gasteiger partial charge is 0.472 e. The summed E-state index contributed by atoms with van der Waals surface area (Å²) in [5, 5.41) is 0. The third-order valence-corrected chi connectivity index (χ3v) is 4.98. The quantitative estimate of drug-likeness (QED) is 0.194. The van der Waals surface area contributed by atoms with Crippen LogP contribution in [0.25, 0.3) is 0 Å². The van der Waals surface area contributed by atoms with Crippen LogP contribution in [0.3, 0.4) is 0 Å². The Morgan fingerprint density at radius 2 is 1.79 bits per heavy atom. The van der Waals surface area contributed by atoms with E-state index in [0.29, 0.717) is 5.56 Å². The highest BCUT2D eigenvalue weighted by molar-refractivity contribution is 6.04. The lowest BCUT2D eigenvalue weighted by molar-refractivity contribution is -0.200. The van der Waals surface area contributed by atoms with Gasteiger partial charge in [-0.25, -0.2) is 9.59 Å². The molecule has 2 rings (SSSR count). The van der Waals surface area contributed by atoms with E-state index in [1.807, 2.05) is 0 Å². The average Bonchev–Trinajstić information content (AvgIpc) is 3.39. The third kappa shape index (κ3) is 5.76. The molecule has 34 heavy (non-hydrogen) atoms. The molecule has 0 spiro atoms. The summed E-state index contributed by atoms with van der Waals surface area (Å²) in [7, 11) is 0. The van der Waals surface area contributed by atoms with E-state index in [2.05, 4.69) is 5.92 Å². The van der Waals surface area contributed by atoms with Crippen LogP contribution in [0.4, 0.5) is 0 Å². The van der Waals surface area contributed by atoms with E-state index in [-0.39, 0.29) is 26.2 Å². The van der Waals surface area contributed by atoms with Gasteiger partial charge >= 0.3 is 23.9 Å². The molecule has 1 saturated heterocycles. The Balaban J connectivity index is 2.44. The minimum absolute atomic E-state index is 0.0368. The van der Waals surface area contributed by atoms with E-state index < -0.39 is 53.9 Å². The van der Waals surface area contributed by atoms with E-state index in [1.54, 1.807) is 19.9 Å². The first kappa shape index (κ1) is 26.9. The highest BCUT2D eigenvalue weighted by atomic mass is 16.7. The number of furan rings is 1. The van der Waals surface area contributed by atoms with Gasteiger partial charge in [-0.3, -0.25) is 9.59 Å². The van der Waals surface area contributed by atoms with Gasteiger partial charge in [0.1, 0.15) is 6.10 Å². The van der Waals surface area contributed by atoms with Crippen molar-refractivity contribution in [3.63, 3.8) is 0 Å². The smallest absolute Gasteiger partial charge is 0.350 e. The predicted octanol–water partition coefficient (Wildman–Crippen LogP) is 0.969. The maximum Gasteiger partial charge on any atom is 0.350 e. The molecule has 3 atom stereocenters. The lowest BCUT2D eigenvalue weighted by Crippen LogP contribution is -2.57. The van der Waals surface area contributed by atoms with Gasteiger partial charge in [-0.15, -0.1) is 6.42 Å². The van der Waals surface area contributed by atoms with Gasteiger partial charge in [-0.1, -0.05) is 5.92 Å². The van der Waals surface area contributed by atoms with Gasteiger partial charge in [0.2, 0.25) is 5.60 Å². The first-order valence-corrected chi connectivity index (χ1v) is 10.6. The van der Waals surface area contributed by atoms with E-state index in [4.69, 9.17) is 39.3 Å². The second kappa shape index (κ2) is 11.7. The Labute approximate surface area is 196 Å². The lowest BCUT2D eigenvalue weighted by atomic mass is 9.92. The summed E-state index contributed by atoms with van der Waals surface area (Å²) < 4.78 is 37.4. The molecule has 11 nitrogen and oxygen atoms in total. The number of carbonyl (C=O) groups excluding carboxylic acids is 4. The predicted molar refractivity (Wildman–Crippen MR) is 113 cm³/mol. The lowest BCUT2D eigenvalue weighted by Gasteiger charge is -2.34. The van der Waals surface area contributed by atoms with E-state index in [1.165, 1.54) is 12.5 Å². The number of rotatable bonds is 11. The molecule has 2 heterocycles. The van der Waals surface area contributed by atoms with Gasteiger partial charge in [0.05, 0.1) is 39.0 Å². The number of hydrogen-bond acceptors (Lipinski definition) is 11. The zero-order valence-electron chi connectivity index (χ0n) is 19.5.